The van der Waals surface area contributed by atoms with E-state index in [9.17, 15) is 18.5 Å². The lowest BCUT2D eigenvalue weighted by molar-refractivity contribution is -0.387. The van der Waals surface area contributed by atoms with Crippen LogP contribution in [0.3, 0.4) is 0 Å². The van der Waals surface area contributed by atoms with Gasteiger partial charge in [-0.25, -0.2) is 13.1 Å². The molecule has 0 bridgehead atoms. The predicted molar refractivity (Wildman–Crippen MR) is 95.2 cm³/mol. The van der Waals surface area contributed by atoms with Gasteiger partial charge in [-0.05, 0) is 56.3 Å². The Bertz CT molecular complexity index is 716. The molecule has 1 heterocycles. The molecule has 2 N–H and O–H groups in total. The van der Waals surface area contributed by atoms with E-state index in [2.05, 4.69) is 10.0 Å². The number of aryl methyl sites for hydroxylation is 1. The zero-order valence-corrected chi connectivity index (χ0v) is 15.7. The normalized spacial score (nSPS) is 17.1. The molecule has 24 heavy (non-hydrogen) atoms. The Balaban J connectivity index is 0.00000288. The Morgan fingerprint density at radius 2 is 1.88 bits per heavy atom. The van der Waals surface area contributed by atoms with Crippen molar-refractivity contribution in [1.29, 1.82) is 0 Å². The van der Waals surface area contributed by atoms with Gasteiger partial charge >= 0.3 is 0 Å². The van der Waals surface area contributed by atoms with Gasteiger partial charge in [0.25, 0.3) is 5.69 Å². The summed E-state index contributed by atoms with van der Waals surface area (Å²) in [4.78, 5) is 10.3. The molecule has 0 radical (unpaired) electrons. The SMILES string of the molecule is Cc1ccc([N+](=O)[O-])c(S(=O)(=O)NCC2(C)CCNCC2)c1C.Cl. The van der Waals surface area contributed by atoms with Gasteiger partial charge in [0.1, 0.15) is 0 Å². The maximum Gasteiger partial charge on any atom is 0.289 e. The van der Waals surface area contributed by atoms with Crippen LogP contribution in [0.25, 0.3) is 0 Å². The molecular weight excluding hydrogens is 354 g/mol. The van der Waals surface area contributed by atoms with Crippen LogP contribution in [0.15, 0.2) is 17.0 Å². The monoisotopic (exact) mass is 377 g/mol. The van der Waals surface area contributed by atoms with Crippen molar-refractivity contribution >= 4 is 28.1 Å². The van der Waals surface area contributed by atoms with E-state index in [1.54, 1.807) is 19.9 Å². The predicted octanol–water partition coefficient (Wildman–Crippen LogP) is 2.30. The summed E-state index contributed by atoms with van der Waals surface area (Å²) in [7, 11) is -3.94. The van der Waals surface area contributed by atoms with E-state index >= 15 is 0 Å². The largest absolute Gasteiger partial charge is 0.317 e. The molecule has 7 nitrogen and oxygen atoms in total. The lowest BCUT2D eigenvalue weighted by atomic mass is 9.81. The topological polar surface area (TPSA) is 101 Å². The molecule has 9 heteroatoms. The third kappa shape index (κ3) is 4.44. The molecule has 0 unspecified atom stereocenters. The van der Waals surface area contributed by atoms with Crippen LogP contribution in [0.5, 0.6) is 0 Å². The van der Waals surface area contributed by atoms with E-state index in [0.717, 1.165) is 25.9 Å². The van der Waals surface area contributed by atoms with Crippen LogP contribution < -0.4 is 10.0 Å². The zero-order chi connectivity index (χ0) is 17.3. The lowest BCUT2D eigenvalue weighted by Crippen LogP contribution is -2.43. The average molecular weight is 378 g/mol. The molecule has 0 spiro atoms. The second kappa shape index (κ2) is 7.77. The number of nitrogens with one attached hydrogen (secondary N) is 2. The van der Waals surface area contributed by atoms with Crippen LogP contribution in [0.2, 0.25) is 0 Å². The van der Waals surface area contributed by atoms with Gasteiger partial charge in [-0.1, -0.05) is 13.0 Å². The minimum atomic E-state index is -3.94. The zero-order valence-electron chi connectivity index (χ0n) is 14.1. The third-order valence-corrected chi connectivity index (χ3v) is 6.20. The van der Waals surface area contributed by atoms with Crippen LogP contribution in [0, 0.1) is 29.4 Å². The third-order valence-electron chi connectivity index (χ3n) is 4.62. The molecule has 1 aromatic carbocycles. The van der Waals surface area contributed by atoms with Crippen molar-refractivity contribution in [3.63, 3.8) is 0 Å². The molecule has 1 aliphatic heterocycles. The van der Waals surface area contributed by atoms with E-state index in [1.807, 2.05) is 6.92 Å². The molecule has 1 fully saturated rings. The van der Waals surface area contributed by atoms with Gasteiger partial charge in [0.05, 0.1) is 4.92 Å². The van der Waals surface area contributed by atoms with E-state index in [0.29, 0.717) is 11.1 Å². The quantitative estimate of drug-likeness (QED) is 0.605. The van der Waals surface area contributed by atoms with Crippen molar-refractivity contribution in [2.24, 2.45) is 5.41 Å². The summed E-state index contributed by atoms with van der Waals surface area (Å²) < 4.78 is 28.0. The second-order valence-corrected chi connectivity index (χ2v) is 8.20. The molecule has 136 valence electrons. The van der Waals surface area contributed by atoms with Crippen molar-refractivity contribution in [2.45, 2.75) is 38.5 Å². The number of rotatable bonds is 5. The summed E-state index contributed by atoms with van der Waals surface area (Å²) in [6.07, 6.45) is 1.73. The number of sulfonamides is 1. The van der Waals surface area contributed by atoms with Gasteiger partial charge in [-0.2, -0.15) is 0 Å². The van der Waals surface area contributed by atoms with Gasteiger partial charge in [0.15, 0.2) is 4.90 Å². The van der Waals surface area contributed by atoms with Crippen molar-refractivity contribution in [1.82, 2.24) is 10.0 Å². The number of piperidine rings is 1. The number of hydrogen-bond donors (Lipinski definition) is 2. The van der Waals surface area contributed by atoms with Crippen molar-refractivity contribution in [2.75, 3.05) is 19.6 Å². The highest BCUT2D eigenvalue weighted by atomic mass is 35.5. The molecule has 0 aromatic heterocycles. The number of halogens is 1. The second-order valence-electron chi connectivity index (χ2n) is 6.50. The van der Waals surface area contributed by atoms with Crippen molar-refractivity contribution in [3.8, 4) is 0 Å². The first-order chi connectivity index (χ1) is 10.7. The number of nitrogens with zero attached hydrogens (tertiary/aromatic N) is 1. The molecular formula is C15H24ClN3O4S. The fourth-order valence-corrected chi connectivity index (χ4v) is 4.47. The Morgan fingerprint density at radius 3 is 2.42 bits per heavy atom. The van der Waals surface area contributed by atoms with Crippen LogP contribution in [-0.4, -0.2) is 33.0 Å². The van der Waals surface area contributed by atoms with Crippen LogP contribution in [-0.2, 0) is 10.0 Å². The fourth-order valence-electron chi connectivity index (χ4n) is 2.81. The van der Waals surface area contributed by atoms with Crippen LogP contribution >= 0.6 is 12.4 Å². The van der Waals surface area contributed by atoms with E-state index < -0.39 is 14.9 Å². The Hall–Kier alpha value is -1.22. The highest BCUT2D eigenvalue weighted by Gasteiger charge is 2.32. The Morgan fingerprint density at radius 1 is 1.29 bits per heavy atom. The minimum absolute atomic E-state index is 0. The highest BCUT2D eigenvalue weighted by molar-refractivity contribution is 7.89. The summed E-state index contributed by atoms with van der Waals surface area (Å²) in [6, 6.07) is 2.82. The average Bonchev–Trinajstić information content (AvgIpc) is 2.48. The minimum Gasteiger partial charge on any atom is -0.317 e. The smallest absolute Gasteiger partial charge is 0.289 e. The standard InChI is InChI=1S/C15H23N3O4S.ClH/c1-11-4-5-13(18(19)20)14(12(11)2)23(21,22)17-10-15(3)6-8-16-9-7-15;/h4-5,16-17H,6-10H2,1-3H3;1H. The number of hydrogen-bond acceptors (Lipinski definition) is 5. The van der Waals surface area contributed by atoms with E-state index in [1.165, 1.54) is 6.07 Å². The number of benzene rings is 1. The molecule has 1 aliphatic rings. The summed E-state index contributed by atoms with van der Waals surface area (Å²) >= 11 is 0. The van der Waals surface area contributed by atoms with Gasteiger partial charge in [-0.3, -0.25) is 10.1 Å². The molecule has 2 rings (SSSR count). The van der Waals surface area contributed by atoms with Crippen LogP contribution in [0.1, 0.15) is 30.9 Å². The maximum atomic E-state index is 12.7. The lowest BCUT2D eigenvalue weighted by Gasteiger charge is -2.34. The summed E-state index contributed by atoms with van der Waals surface area (Å²) in [5, 5.41) is 14.4. The molecule has 0 amide bonds. The Labute approximate surface area is 148 Å². The first-order valence-electron chi connectivity index (χ1n) is 7.61. The molecule has 1 aromatic rings. The van der Waals surface area contributed by atoms with Gasteiger partial charge in [0.2, 0.25) is 10.0 Å². The fraction of sp³-hybridized carbons (Fsp3) is 0.600. The van der Waals surface area contributed by atoms with E-state index in [-0.39, 0.29) is 34.9 Å². The molecule has 1 saturated heterocycles. The Kier molecular flexibility index (Phi) is 6.75. The summed E-state index contributed by atoms with van der Waals surface area (Å²) in [6.45, 7) is 7.36. The highest BCUT2D eigenvalue weighted by Crippen LogP contribution is 2.31. The number of nitro groups is 1. The number of nitro benzene ring substituents is 1. The van der Waals surface area contributed by atoms with Gasteiger partial charge < -0.3 is 5.32 Å². The summed E-state index contributed by atoms with van der Waals surface area (Å²) in [5.41, 5.74) is 0.618. The van der Waals surface area contributed by atoms with Crippen LogP contribution in [0.4, 0.5) is 5.69 Å². The van der Waals surface area contributed by atoms with E-state index in [4.69, 9.17) is 0 Å². The maximum absolute atomic E-state index is 12.7. The van der Waals surface area contributed by atoms with Gasteiger partial charge in [-0.15, -0.1) is 12.4 Å². The first kappa shape index (κ1) is 20.8. The van der Waals surface area contributed by atoms with Gasteiger partial charge in [0, 0.05) is 12.6 Å². The molecule has 0 atom stereocenters. The van der Waals surface area contributed by atoms with Crippen molar-refractivity contribution < 1.29 is 13.3 Å². The molecule has 0 aliphatic carbocycles. The first-order valence-corrected chi connectivity index (χ1v) is 9.10. The molecule has 0 saturated carbocycles. The van der Waals surface area contributed by atoms with Crippen molar-refractivity contribution in [3.05, 3.63) is 33.4 Å². The summed E-state index contributed by atoms with van der Waals surface area (Å²) in [5.74, 6) is 0.